The molecule has 0 saturated heterocycles. The van der Waals surface area contributed by atoms with E-state index in [0.29, 0.717) is 0 Å². The van der Waals surface area contributed by atoms with Crippen molar-refractivity contribution >= 4 is 41.4 Å². The number of thiol groups is 1. The average molecular weight is 349 g/mol. The van der Waals surface area contributed by atoms with Crippen molar-refractivity contribution in [1.82, 2.24) is 0 Å². The van der Waals surface area contributed by atoms with Crippen LogP contribution in [-0.4, -0.2) is 4.86 Å². The van der Waals surface area contributed by atoms with Crippen LogP contribution in [-0.2, 0) is 0 Å². The number of benzene rings is 3. The van der Waals surface area contributed by atoms with Gasteiger partial charge in [-0.2, -0.15) is 0 Å². The van der Waals surface area contributed by atoms with Crippen molar-refractivity contribution in [2.75, 3.05) is 0 Å². The lowest BCUT2D eigenvalue weighted by Crippen LogP contribution is -2.24. The lowest BCUT2D eigenvalue weighted by molar-refractivity contribution is 0.276. The van der Waals surface area contributed by atoms with Crippen LogP contribution >= 0.6 is 19.9 Å². The molecular weight excluding hydrogens is 331 g/mol. The molecule has 24 heavy (non-hydrogen) atoms. The van der Waals surface area contributed by atoms with E-state index in [2.05, 4.69) is 18.4 Å². The van der Waals surface area contributed by atoms with E-state index in [4.69, 9.17) is 0 Å². The Hall–Kier alpha value is -2.15. The Morgan fingerprint density at radius 2 is 1.12 bits per heavy atom. The first-order chi connectivity index (χ1) is 11.7. The molecule has 0 radical (unpaired) electrons. The van der Waals surface area contributed by atoms with Crippen LogP contribution in [0.5, 0.6) is 0 Å². The highest BCUT2D eigenvalue weighted by Crippen LogP contribution is 2.60. The van der Waals surface area contributed by atoms with Gasteiger partial charge in [0.05, 0.1) is 5.82 Å². The largest absolute Gasteiger partial charge is 0.336 e. The second kappa shape index (κ2) is 7.61. The van der Waals surface area contributed by atoms with Gasteiger partial charge in [0.15, 0.2) is 7.26 Å². The molecule has 0 bridgehead atoms. The van der Waals surface area contributed by atoms with Crippen LogP contribution in [0.1, 0.15) is 5.56 Å². The van der Waals surface area contributed by atoms with Gasteiger partial charge in [-0.3, -0.25) is 0 Å². The highest BCUT2D eigenvalue weighted by Gasteiger charge is 2.47. The van der Waals surface area contributed by atoms with E-state index in [1.807, 2.05) is 97.1 Å². The summed E-state index contributed by atoms with van der Waals surface area (Å²) >= 11 is 4.31. The Morgan fingerprint density at radius 3 is 1.54 bits per heavy atom. The van der Waals surface area contributed by atoms with Crippen molar-refractivity contribution in [3.63, 3.8) is 0 Å². The summed E-state index contributed by atoms with van der Waals surface area (Å²) in [6.07, 6.45) is 2.03. The summed E-state index contributed by atoms with van der Waals surface area (Å²) in [7, 11) is -2.39. The minimum Gasteiger partial charge on any atom is -0.239 e. The third-order valence-corrected chi connectivity index (χ3v) is 8.29. The monoisotopic (exact) mass is 349 g/mol. The second-order valence-electron chi connectivity index (χ2n) is 5.40. The summed E-state index contributed by atoms with van der Waals surface area (Å²) in [5.41, 5.74) is 1.07. The molecule has 3 rings (SSSR count). The zero-order valence-corrected chi connectivity index (χ0v) is 14.9. The summed E-state index contributed by atoms with van der Waals surface area (Å²) in [6, 6.07) is 29.9. The molecule has 0 amide bonds. The van der Waals surface area contributed by atoms with Crippen molar-refractivity contribution in [2.45, 2.75) is 0 Å². The van der Waals surface area contributed by atoms with Crippen LogP contribution in [0.25, 0.3) is 6.08 Å². The Morgan fingerprint density at radius 1 is 0.708 bits per heavy atom. The molecule has 0 aliphatic carbocycles. The maximum Gasteiger partial charge on any atom is 0.336 e. The van der Waals surface area contributed by atoms with E-state index in [9.17, 15) is 4.79 Å². The number of carbonyl (C=O) groups is 1. The molecule has 1 nitrogen and oxygen atoms in total. The fourth-order valence-electron chi connectivity index (χ4n) is 2.69. The van der Waals surface area contributed by atoms with Gasteiger partial charge in [-0.25, -0.2) is 4.79 Å². The molecule has 0 N–H and O–H groups in total. The van der Waals surface area contributed by atoms with E-state index in [1.165, 1.54) is 0 Å². The van der Waals surface area contributed by atoms with E-state index in [0.717, 1.165) is 16.2 Å². The van der Waals surface area contributed by atoms with Crippen LogP contribution in [0.2, 0.25) is 0 Å². The average Bonchev–Trinajstić information content (AvgIpc) is 2.65. The van der Waals surface area contributed by atoms with Crippen LogP contribution < -0.4 is 10.6 Å². The first-order valence-electron chi connectivity index (χ1n) is 7.71. The van der Waals surface area contributed by atoms with E-state index < -0.39 is 7.26 Å². The Bertz CT molecular complexity index is 790. The van der Waals surface area contributed by atoms with Gasteiger partial charge >= 0.3 is 4.86 Å². The van der Waals surface area contributed by atoms with Crippen LogP contribution in [0.15, 0.2) is 96.8 Å². The fourth-order valence-corrected chi connectivity index (χ4v) is 6.48. The number of hydrogen-bond acceptors (Lipinski definition) is 1. The molecule has 3 aromatic rings. The van der Waals surface area contributed by atoms with E-state index in [-0.39, 0.29) is 4.86 Å². The SMILES string of the molecule is O=C(S)[P+](/C=C/c1ccccc1)(c1ccccc1)c1ccccc1. The molecule has 0 fully saturated rings. The van der Waals surface area contributed by atoms with Gasteiger partial charge in [0.2, 0.25) is 0 Å². The van der Waals surface area contributed by atoms with Gasteiger partial charge < -0.3 is 0 Å². The van der Waals surface area contributed by atoms with Gasteiger partial charge in [0.25, 0.3) is 0 Å². The number of hydrogen-bond donors (Lipinski definition) is 1. The Balaban J connectivity index is 2.20. The molecule has 0 aliphatic rings. The normalized spacial score (nSPS) is 11.5. The van der Waals surface area contributed by atoms with Gasteiger partial charge in [-0.05, 0) is 35.9 Å². The standard InChI is InChI=1S/C21H17OPS/c22-21(24)23(19-12-6-2-7-13-19,20-14-8-3-9-15-20)17-16-18-10-4-1-5-11-18/h1-17H/p+1/b17-16+. The minimum absolute atomic E-state index is 0.0907. The summed E-state index contributed by atoms with van der Waals surface area (Å²) in [4.78, 5) is 12.7. The molecule has 0 saturated carbocycles. The molecule has 118 valence electrons. The second-order valence-corrected chi connectivity index (χ2v) is 9.34. The maximum absolute atomic E-state index is 12.8. The third-order valence-electron chi connectivity index (χ3n) is 3.92. The molecule has 0 unspecified atom stereocenters. The first-order valence-corrected chi connectivity index (χ1v) is 10.0. The van der Waals surface area contributed by atoms with E-state index in [1.54, 1.807) is 0 Å². The number of rotatable bonds is 5. The van der Waals surface area contributed by atoms with Crippen LogP contribution in [0, 0.1) is 0 Å². The first kappa shape index (κ1) is 16.7. The maximum atomic E-state index is 12.8. The van der Waals surface area contributed by atoms with Crippen LogP contribution in [0.3, 0.4) is 0 Å². The highest BCUT2D eigenvalue weighted by atomic mass is 32.1. The minimum atomic E-state index is -2.39. The zero-order chi connectivity index (χ0) is 16.8. The fraction of sp³-hybridized carbons (Fsp3) is 0. The summed E-state index contributed by atoms with van der Waals surface area (Å²) in [6.45, 7) is 0. The van der Waals surface area contributed by atoms with Gasteiger partial charge in [0, 0.05) is 0 Å². The van der Waals surface area contributed by atoms with Crippen molar-refractivity contribution in [3.8, 4) is 0 Å². The topological polar surface area (TPSA) is 17.1 Å². The van der Waals surface area contributed by atoms with Crippen molar-refractivity contribution in [1.29, 1.82) is 0 Å². The van der Waals surface area contributed by atoms with Crippen LogP contribution in [0.4, 0.5) is 4.79 Å². The van der Waals surface area contributed by atoms with Crippen molar-refractivity contribution < 1.29 is 4.79 Å². The number of carbonyl (C=O) groups excluding carboxylic acids is 1. The molecule has 0 atom stereocenters. The molecule has 0 aromatic heterocycles. The van der Waals surface area contributed by atoms with Gasteiger partial charge in [-0.1, -0.05) is 79.4 Å². The summed E-state index contributed by atoms with van der Waals surface area (Å²) < 4.78 is 0. The molecule has 0 spiro atoms. The van der Waals surface area contributed by atoms with E-state index >= 15 is 0 Å². The summed E-state index contributed by atoms with van der Waals surface area (Å²) in [5.74, 6) is 2.06. The highest BCUT2D eigenvalue weighted by molar-refractivity contribution is 8.25. The third kappa shape index (κ3) is 3.36. The predicted molar refractivity (Wildman–Crippen MR) is 109 cm³/mol. The summed E-state index contributed by atoms with van der Waals surface area (Å²) in [5, 5.41) is 2.03. The molecule has 0 heterocycles. The Kier molecular flexibility index (Phi) is 5.30. The smallest absolute Gasteiger partial charge is 0.239 e. The molecule has 3 heteroatoms. The lowest BCUT2D eigenvalue weighted by atomic mass is 10.2. The van der Waals surface area contributed by atoms with Crippen molar-refractivity contribution in [3.05, 3.63) is 102 Å². The Labute approximate surface area is 148 Å². The zero-order valence-electron chi connectivity index (χ0n) is 13.1. The quantitative estimate of drug-likeness (QED) is 0.484. The van der Waals surface area contributed by atoms with Crippen molar-refractivity contribution in [2.24, 2.45) is 0 Å². The predicted octanol–water partition coefficient (Wildman–Crippen LogP) is 5.38. The molecule has 0 aliphatic heterocycles. The van der Waals surface area contributed by atoms with Gasteiger partial charge in [-0.15, -0.1) is 0 Å². The molecule has 3 aromatic carbocycles. The van der Waals surface area contributed by atoms with Gasteiger partial charge in [0.1, 0.15) is 10.6 Å². The lowest BCUT2D eigenvalue weighted by Gasteiger charge is -2.19. The molecular formula is C21H18OPS+.